The van der Waals surface area contributed by atoms with Crippen LogP contribution in [0.25, 0.3) is 0 Å². The average Bonchev–Trinajstić information content (AvgIpc) is 3.33. The first-order valence-electron chi connectivity index (χ1n) is 11.7. The number of H-pyrrole nitrogens is 1. The number of fused-ring (bicyclic) bond motifs is 1. The van der Waals surface area contributed by atoms with Crippen molar-refractivity contribution in [3.05, 3.63) is 45.3 Å². The summed E-state index contributed by atoms with van der Waals surface area (Å²) < 4.78 is 36.5. The van der Waals surface area contributed by atoms with Crippen molar-refractivity contribution < 1.29 is 12.8 Å². The quantitative estimate of drug-likeness (QED) is 0.748. The normalized spacial score (nSPS) is 25.9. The van der Waals surface area contributed by atoms with Crippen molar-refractivity contribution >= 4 is 15.9 Å². The molecule has 8 nitrogen and oxygen atoms in total. The van der Waals surface area contributed by atoms with Crippen molar-refractivity contribution in [1.82, 2.24) is 14.5 Å². The number of rotatable bonds is 3. The fourth-order valence-electron chi connectivity index (χ4n) is 6.17. The van der Waals surface area contributed by atoms with E-state index in [0.29, 0.717) is 24.2 Å². The summed E-state index contributed by atoms with van der Waals surface area (Å²) in [4.78, 5) is 11.7. The van der Waals surface area contributed by atoms with Crippen molar-refractivity contribution in [3.63, 3.8) is 0 Å². The molecule has 3 heterocycles. The highest BCUT2D eigenvalue weighted by molar-refractivity contribution is 7.90. The molecule has 2 aromatic rings. The van der Waals surface area contributed by atoms with Crippen LogP contribution in [0.1, 0.15) is 86.4 Å². The smallest absolute Gasteiger partial charge is 0.390 e. The average molecular weight is 461 g/mol. The van der Waals surface area contributed by atoms with Crippen molar-refractivity contribution in [2.45, 2.75) is 77.7 Å². The molecule has 32 heavy (non-hydrogen) atoms. The van der Waals surface area contributed by atoms with Crippen LogP contribution in [0.4, 0.5) is 5.69 Å². The van der Waals surface area contributed by atoms with Gasteiger partial charge in [-0.1, -0.05) is 32.3 Å². The monoisotopic (exact) mass is 460 g/mol. The van der Waals surface area contributed by atoms with E-state index in [1.807, 2.05) is 32.9 Å². The Bertz CT molecular complexity index is 1170. The van der Waals surface area contributed by atoms with Gasteiger partial charge in [0.05, 0.1) is 5.69 Å². The zero-order valence-electron chi connectivity index (χ0n) is 19.1. The third-order valence-electron chi connectivity index (χ3n) is 8.16. The van der Waals surface area contributed by atoms with Gasteiger partial charge in [0.25, 0.3) is 0 Å². The molecule has 1 aromatic carbocycles. The summed E-state index contributed by atoms with van der Waals surface area (Å²) in [6, 6.07) is 3.14. The van der Waals surface area contributed by atoms with E-state index in [1.165, 1.54) is 36.4 Å². The second-order valence-corrected chi connectivity index (χ2v) is 11.7. The van der Waals surface area contributed by atoms with Crippen LogP contribution >= 0.6 is 0 Å². The number of hydrogen-bond acceptors (Lipinski definition) is 5. The Morgan fingerprint density at radius 1 is 1.09 bits per heavy atom. The number of aromatic amines is 1. The summed E-state index contributed by atoms with van der Waals surface area (Å²) in [5.41, 5.74) is 4.12. The largest absolute Gasteiger partial charge is 0.434 e. The Balaban J connectivity index is 1.53. The van der Waals surface area contributed by atoms with Gasteiger partial charge in [-0.05, 0) is 67.7 Å². The van der Waals surface area contributed by atoms with Crippen molar-refractivity contribution in [1.29, 1.82) is 0 Å². The fraction of sp³-hybridized carbons (Fsp3) is 0.652. The maximum atomic E-state index is 14.0. The highest BCUT2D eigenvalue weighted by Crippen LogP contribution is 2.52. The molecule has 1 saturated carbocycles. The summed E-state index contributed by atoms with van der Waals surface area (Å²) in [5, 5.41) is 6.33. The van der Waals surface area contributed by atoms with E-state index in [9.17, 15) is 13.2 Å². The Morgan fingerprint density at radius 2 is 1.78 bits per heavy atom. The zero-order chi connectivity index (χ0) is 22.7. The molecule has 1 aromatic heterocycles. The Kier molecular flexibility index (Phi) is 5.24. The van der Waals surface area contributed by atoms with E-state index in [-0.39, 0.29) is 11.8 Å². The summed E-state index contributed by atoms with van der Waals surface area (Å²) in [5.74, 6) is -0.758. The number of benzene rings is 1. The summed E-state index contributed by atoms with van der Waals surface area (Å²) >= 11 is 0. The summed E-state index contributed by atoms with van der Waals surface area (Å²) in [7, 11) is -3.83. The van der Waals surface area contributed by atoms with E-state index >= 15 is 0 Å². The van der Waals surface area contributed by atoms with E-state index in [4.69, 9.17) is 4.42 Å². The van der Waals surface area contributed by atoms with Crippen molar-refractivity contribution in [2.24, 2.45) is 5.41 Å². The molecule has 0 amide bonds. The molecular weight excluding hydrogens is 428 g/mol. The molecule has 2 fully saturated rings. The Labute approximate surface area is 189 Å². The lowest BCUT2D eigenvalue weighted by Crippen LogP contribution is -2.50. The molecule has 9 heteroatoms. The van der Waals surface area contributed by atoms with Gasteiger partial charge in [0, 0.05) is 19.0 Å². The second kappa shape index (κ2) is 7.73. The van der Waals surface area contributed by atoms with Gasteiger partial charge in [0.1, 0.15) is 6.04 Å². The van der Waals surface area contributed by atoms with Crippen LogP contribution in [0.2, 0.25) is 0 Å². The molecule has 174 valence electrons. The van der Waals surface area contributed by atoms with E-state index in [2.05, 4.69) is 10.2 Å². The lowest BCUT2D eigenvalue weighted by molar-refractivity contribution is 0.102. The predicted octanol–water partition coefficient (Wildman–Crippen LogP) is 3.94. The first-order chi connectivity index (χ1) is 15.2. The number of nitrogens with one attached hydrogen (secondary N) is 1. The standard InChI is InChI=1S/C23H32N4O4S/c1-15-7-8-18-19(16(15)2)17(3)20(21-24-25-22(28)31-21)27(18)32(29,30)26-13-11-23(12-14-26)9-5-4-6-10-23/h7-8,17,20H,4-6,9-14H2,1-3H3,(H,25,28)/t17-,20?/m1/s1. The molecule has 1 spiro atoms. The molecule has 2 atom stereocenters. The highest BCUT2D eigenvalue weighted by atomic mass is 32.2. The van der Waals surface area contributed by atoms with Crippen LogP contribution < -0.4 is 10.1 Å². The Hall–Kier alpha value is -2.13. The number of anilines is 1. The molecule has 3 aliphatic rings. The maximum absolute atomic E-state index is 14.0. The van der Waals surface area contributed by atoms with Gasteiger partial charge in [-0.15, -0.1) is 5.10 Å². The molecule has 1 aliphatic carbocycles. The topological polar surface area (TPSA) is 99.5 Å². The van der Waals surface area contributed by atoms with Gasteiger partial charge >= 0.3 is 16.0 Å². The first kappa shape index (κ1) is 21.7. The molecular formula is C23H32N4O4S. The maximum Gasteiger partial charge on any atom is 0.434 e. The second-order valence-electron chi connectivity index (χ2n) is 9.89. The summed E-state index contributed by atoms with van der Waals surface area (Å²) in [6.45, 7) is 7.09. The number of nitrogens with zero attached hydrogens (tertiary/aromatic N) is 3. The van der Waals surface area contributed by atoms with Crippen LogP contribution in [-0.4, -0.2) is 36.0 Å². The zero-order valence-corrected chi connectivity index (χ0v) is 19.9. The third kappa shape index (κ3) is 3.32. The third-order valence-corrected chi connectivity index (χ3v) is 10.1. The molecule has 1 unspecified atom stereocenters. The van der Waals surface area contributed by atoms with Crippen LogP contribution in [0.15, 0.2) is 21.3 Å². The van der Waals surface area contributed by atoms with Gasteiger partial charge in [0.2, 0.25) is 5.89 Å². The summed E-state index contributed by atoms with van der Waals surface area (Å²) in [6.07, 6.45) is 8.05. The van der Waals surface area contributed by atoms with E-state index in [0.717, 1.165) is 29.5 Å². The number of aromatic nitrogens is 2. The van der Waals surface area contributed by atoms with Gasteiger partial charge in [-0.25, -0.2) is 14.2 Å². The van der Waals surface area contributed by atoms with E-state index < -0.39 is 22.0 Å². The number of aryl methyl sites for hydroxylation is 1. The highest BCUT2D eigenvalue weighted by Gasteiger charge is 2.50. The molecule has 2 aliphatic heterocycles. The minimum Gasteiger partial charge on any atom is -0.390 e. The molecule has 1 saturated heterocycles. The van der Waals surface area contributed by atoms with Gasteiger partial charge in [-0.3, -0.25) is 0 Å². The number of hydrogen-bond donors (Lipinski definition) is 1. The molecule has 1 N–H and O–H groups in total. The minimum absolute atomic E-state index is 0.111. The minimum atomic E-state index is -3.83. The van der Waals surface area contributed by atoms with Crippen LogP contribution in [0.3, 0.4) is 0 Å². The van der Waals surface area contributed by atoms with E-state index in [1.54, 1.807) is 4.31 Å². The van der Waals surface area contributed by atoms with Crippen LogP contribution in [0, 0.1) is 19.3 Å². The Morgan fingerprint density at radius 3 is 2.41 bits per heavy atom. The fourth-order valence-corrected chi connectivity index (χ4v) is 8.03. The van der Waals surface area contributed by atoms with Crippen molar-refractivity contribution in [2.75, 3.05) is 17.4 Å². The van der Waals surface area contributed by atoms with Gasteiger partial charge in [-0.2, -0.15) is 12.7 Å². The van der Waals surface area contributed by atoms with Gasteiger partial charge in [0.15, 0.2) is 0 Å². The van der Waals surface area contributed by atoms with Gasteiger partial charge < -0.3 is 4.42 Å². The molecule has 0 bridgehead atoms. The van der Waals surface area contributed by atoms with Crippen LogP contribution in [0.5, 0.6) is 0 Å². The van der Waals surface area contributed by atoms with Crippen LogP contribution in [-0.2, 0) is 10.2 Å². The first-order valence-corrected chi connectivity index (χ1v) is 13.1. The molecule has 0 radical (unpaired) electrons. The lowest BCUT2D eigenvalue weighted by Gasteiger charge is -2.45. The predicted molar refractivity (Wildman–Crippen MR) is 122 cm³/mol. The SMILES string of the molecule is Cc1ccc2c(c1C)[C@@H](C)C(c1n[nH]c(=O)o1)N2S(=O)(=O)N1CCC2(CCCCC2)CC1. The number of piperidine rings is 1. The molecule has 5 rings (SSSR count). The lowest BCUT2D eigenvalue weighted by atomic mass is 9.68. The van der Waals surface area contributed by atoms with Crippen molar-refractivity contribution in [3.8, 4) is 0 Å².